The van der Waals surface area contributed by atoms with Gasteiger partial charge in [-0.15, -0.1) is 0 Å². The fourth-order valence-electron chi connectivity index (χ4n) is 4.56. The molecule has 3 aliphatic rings. The molecule has 27 heavy (non-hydrogen) atoms. The van der Waals surface area contributed by atoms with Crippen molar-refractivity contribution in [1.29, 1.82) is 0 Å². The summed E-state index contributed by atoms with van der Waals surface area (Å²) in [6, 6.07) is 6.91. The Morgan fingerprint density at radius 3 is 2.52 bits per heavy atom. The minimum atomic E-state index is 0.180. The monoisotopic (exact) mass is 374 g/mol. The number of carbonyl (C=O) groups is 1. The molecule has 6 nitrogen and oxygen atoms in total. The van der Waals surface area contributed by atoms with Crippen LogP contribution in [0.3, 0.4) is 0 Å². The van der Waals surface area contributed by atoms with Crippen molar-refractivity contribution in [3.63, 3.8) is 0 Å². The van der Waals surface area contributed by atoms with Gasteiger partial charge in [0.2, 0.25) is 5.91 Å². The van der Waals surface area contributed by atoms with E-state index in [9.17, 15) is 9.90 Å². The fourth-order valence-corrected chi connectivity index (χ4v) is 4.56. The van der Waals surface area contributed by atoms with Gasteiger partial charge in [-0.05, 0) is 42.4 Å². The van der Waals surface area contributed by atoms with E-state index >= 15 is 0 Å². The highest BCUT2D eigenvalue weighted by Gasteiger charge is 2.43. The van der Waals surface area contributed by atoms with Gasteiger partial charge in [-0.3, -0.25) is 9.69 Å². The van der Waals surface area contributed by atoms with Crippen LogP contribution in [0.25, 0.3) is 0 Å². The summed E-state index contributed by atoms with van der Waals surface area (Å²) in [5, 5.41) is 9.37. The minimum absolute atomic E-state index is 0.180. The number of piperidine rings is 1. The predicted molar refractivity (Wildman–Crippen MR) is 102 cm³/mol. The Labute approximate surface area is 161 Å². The number of hydrogen-bond donors (Lipinski definition) is 1. The maximum Gasteiger partial charge on any atom is 0.226 e. The van der Waals surface area contributed by atoms with E-state index in [4.69, 9.17) is 9.47 Å². The number of nitrogens with zero attached hydrogens (tertiary/aromatic N) is 2. The van der Waals surface area contributed by atoms with Crippen LogP contribution in [0.1, 0.15) is 24.8 Å². The number of aromatic hydroxyl groups is 1. The first-order valence-corrected chi connectivity index (χ1v) is 10.1. The Bertz CT molecular complexity index is 634. The van der Waals surface area contributed by atoms with Crippen LogP contribution in [0.15, 0.2) is 24.3 Å². The molecule has 4 rings (SSSR count). The summed E-state index contributed by atoms with van der Waals surface area (Å²) >= 11 is 0. The van der Waals surface area contributed by atoms with Crippen LogP contribution in [0, 0.1) is 5.41 Å². The number of carbonyl (C=O) groups excluding carboxylic acids is 1. The molecular formula is C21H30N2O4. The Balaban J connectivity index is 1.24. The van der Waals surface area contributed by atoms with E-state index in [0.717, 1.165) is 77.4 Å². The molecule has 1 atom stereocenters. The van der Waals surface area contributed by atoms with E-state index in [0.29, 0.717) is 12.5 Å². The van der Waals surface area contributed by atoms with Crippen LogP contribution in [-0.2, 0) is 20.7 Å². The van der Waals surface area contributed by atoms with Crippen molar-refractivity contribution < 1.29 is 19.4 Å². The van der Waals surface area contributed by atoms with E-state index in [1.165, 1.54) is 0 Å². The molecule has 148 valence electrons. The molecule has 6 heteroatoms. The molecule has 1 N–H and O–H groups in total. The molecule has 0 unspecified atom stereocenters. The Kier molecular flexibility index (Phi) is 5.66. The lowest BCUT2D eigenvalue weighted by atomic mass is 9.76. The number of morpholine rings is 1. The smallest absolute Gasteiger partial charge is 0.226 e. The zero-order chi connectivity index (χ0) is 18.7. The van der Waals surface area contributed by atoms with Gasteiger partial charge in [0.25, 0.3) is 0 Å². The molecule has 0 bridgehead atoms. The summed E-state index contributed by atoms with van der Waals surface area (Å²) in [5.41, 5.74) is 1.21. The minimum Gasteiger partial charge on any atom is -0.508 e. The third kappa shape index (κ3) is 4.62. The molecule has 3 fully saturated rings. The second-order valence-corrected chi connectivity index (χ2v) is 8.27. The lowest BCUT2D eigenvalue weighted by Gasteiger charge is -2.38. The van der Waals surface area contributed by atoms with Crippen molar-refractivity contribution in [1.82, 2.24) is 9.80 Å². The van der Waals surface area contributed by atoms with Crippen molar-refractivity contribution in [2.75, 3.05) is 52.5 Å². The number of phenolic OH excluding ortho intramolecular Hbond substituents is 1. The Morgan fingerprint density at radius 1 is 1.11 bits per heavy atom. The van der Waals surface area contributed by atoms with Gasteiger partial charge in [0.1, 0.15) is 5.75 Å². The maximum absolute atomic E-state index is 12.6. The SMILES string of the molecule is O=C(Cc1ccc(O)cc1)N1CCC2(CC1)CO[C@@H](CN1CCOCC1)C2. The van der Waals surface area contributed by atoms with Gasteiger partial charge in [-0.1, -0.05) is 12.1 Å². The summed E-state index contributed by atoms with van der Waals surface area (Å²) in [7, 11) is 0. The second-order valence-electron chi connectivity index (χ2n) is 8.27. The van der Waals surface area contributed by atoms with Crippen LogP contribution < -0.4 is 0 Å². The summed E-state index contributed by atoms with van der Waals surface area (Å²) in [5.74, 6) is 0.415. The van der Waals surface area contributed by atoms with Crippen molar-refractivity contribution in [3.05, 3.63) is 29.8 Å². The number of rotatable bonds is 4. The molecule has 0 aromatic heterocycles. The van der Waals surface area contributed by atoms with Gasteiger partial charge in [-0.25, -0.2) is 0 Å². The molecule has 0 radical (unpaired) electrons. The standard InChI is InChI=1S/C21H30N2O4/c24-18-3-1-17(2-4-18)13-20(25)23-7-5-21(6-8-23)14-19(27-16-21)15-22-9-11-26-12-10-22/h1-4,19,24H,5-16H2/t19-/m1/s1. The molecule has 1 aromatic rings. The van der Waals surface area contributed by atoms with E-state index in [-0.39, 0.29) is 17.1 Å². The first-order valence-electron chi connectivity index (χ1n) is 10.1. The fraction of sp³-hybridized carbons (Fsp3) is 0.667. The normalized spacial score (nSPS) is 25.8. The van der Waals surface area contributed by atoms with Crippen LogP contribution in [0.2, 0.25) is 0 Å². The lowest BCUT2D eigenvalue weighted by Crippen LogP contribution is -2.44. The van der Waals surface area contributed by atoms with Crippen LogP contribution in [0.5, 0.6) is 5.75 Å². The molecule has 3 aliphatic heterocycles. The first kappa shape index (κ1) is 18.7. The average molecular weight is 374 g/mol. The third-order valence-electron chi connectivity index (χ3n) is 6.32. The summed E-state index contributed by atoms with van der Waals surface area (Å²) < 4.78 is 11.6. The van der Waals surface area contributed by atoms with E-state index < -0.39 is 0 Å². The van der Waals surface area contributed by atoms with Gasteiger partial charge in [-0.2, -0.15) is 0 Å². The number of benzene rings is 1. The molecule has 1 aromatic carbocycles. The zero-order valence-corrected chi connectivity index (χ0v) is 15.9. The predicted octanol–water partition coefficient (Wildman–Crippen LogP) is 1.66. The lowest BCUT2D eigenvalue weighted by molar-refractivity contribution is -0.132. The van der Waals surface area contributed by atoms with Crippen LogP contribution >= 0.6 is 0 Å². The van der Waals surface area contributed by atoms with Gasteiger partial charge >= 0.3 is 0 Å². The van der Waals surface area contributed by atoms with Crippen molar-refractivity contribution >= 4 is 5.91 Å². The van der Waals surface area contributed by atoms with Gasteiger partial charge in [0, 0.05) is 32.7 Å². The van der Waals surface area contributed by atoms with Crippen LogP contribution in [0.4, 0.5) is 0 Å². The molecule has 3 heterocycles. The Hall–Kier alpha value is -1.63. The quantitative estimate of drug-likeness (QED) is 0.869. The first-order chi connectivity index (χ1) is 13.1. The molecule has 1 spiro atoms. The number of phenols is 1. The van der Waals surface area contributed by atoms with Gasteiger partial charge in [0.05, 0.1) is 32.3 Å². The highest BCUT2D eigenvalue weighted by Crippen LogP contribution is 2.42. The topological polar surface area (TPSA) is 62.2 Å². The second kappa shape index (κ2) is 8.17. The van der Waals surface area contributed by atoms with Gasteiger partial charge in [0.15, 0.2) is 0 Å². The maximum atomic E-state index is 12.6. The number of hydrogen-bond acceptors (Lipinski definition) is 5. The van der Waals surface area contributed by atoms with E-state index in [2.05, 4.69) is 4.90 Å². The highest BCUT2D eigenvalue weighted by molar-refractivity contribution is 5.78. The van der Waals surface area contributed by atoms with Crippen molar-refractivity contribution in [3.8, 4) is 5.75 Å². The summed E-state index contributed by atoms with van der Waals surface area (Å²) in [4.78, 5) is 17.0. The van der Waals surface area contributed by atoms with Crippen LogP contribution in [-0.4, -0.2) is 79.5 Å². The number of ether oxygens (including phenoxy) is 2. The Morgan fingerprint density at radius 2 is 1.81 bits per heavy atom. The summed E-state index contributed by atoms with van der Waals surface area (Å²) in [6.45, 7) is 7.16. The molecule has 1 amide bonds. The molecule has 0 saturated carbocycles. The molecule has 3 saturated heterocycles. The number of amides is 1. The van der Waals surface area contributed by atoms with E-state index in [1.807, 2.05) is 17.0 Å². The number of likely N-dealkylation sites (tertiary alicyclic amines) is 1. The largest absolute Gasteiger partial charge is 0.508 e. The van der Waals surface area contributed by atoms with Gasteiger partial charge < -0.3 is 19.5 Å². The average Bonchev–Trinajstić information content (AvgIpc) is 3.07. The van der Waals surface area contributed by atoms with Crippen molar-refractivity contribution in [2.24, 2.45) is 5.41 Å². The van der Waals surface area contributed by atoms with Crippen molar-refractivity contribution in [2.45, 2.75) is 31.8 Å². The zero-order valence-electron chi connectivity index (χ0n) is 15.9. The summed E-state index contributed by atoms with van der Waals surface area (Å²) in [6.07, 6.45) is 3.91. The highest BCUT2D eigenvalue weighted by atomic mass is 16.5. The molecule has 0 aliphatic carbocycles. The molecular weight excluding hydrogens is 344 g/mol. The third-order valence-corrected chi connectivity index (χ3v) is 6.32. The van der Waals surface area contributed by atoms with E-state index in [1.54, 1.807) is 12.1 Å².